The summed E-state index contributed by atoms with van der Waals surface area (Å²) in [6.07, 6.45) is 0. The standard InChI is InChI=1S/C16H19ClN2O2S/c1-19(10-13-6-9-22-12-13)11-16(20)18-7-8-21-15-4-2-14(17)3-5-15/h2-6,9,12H,7-8,10-11H2,1H3,(H,18,20)/p+1. The highest BCUT2D eigenvalue weighted by Crippen LogP contribution is 2.15. The van der Waals surface area contributed by atoms with Crippen LogP contribution in [0.4, 0.5) is 0 Å². The van der Waals surface area contributed by atoms with Crippen LogP contribution in [0.15, 0.2) is 41.1 Å². The summed E-state index contributed by atoms with van der Waals surface area (Å²) in [7, 11) is 2.02. The van der Waals surface area contributed by atoms with E-state index in [4.69, 9.17) is 16.3 Å². The number of halogens is 1. The molecule has 0 radical (unpaired) electrons. The van der Waals surface area contributed by atoms with Gasteiger partial charge < -0.3 is 15.0 Å². The summed E-state index contributed by atoms with van der Waals surface area (Å²) < 4.78 is 5.52. The molecule has 0 fully saturated rings. The molecule has 0 spiro atoms. The second-order valence-electron chi connectivity index (χ2n) is 5.09. The lowest BCUT2D eigenvalue weighted by molar-refractivity contribution is -0.885. The van der Waals surface area contributed by atoms with Gasteiger partial charge in [-0.1, -0.05) is 11.6 Å². The fraction of sp³-hybridized carbons (Fsp3) is 0.312. The van der Waals surface area contributed by atoms with Crippen molar-refractivity contribution in [3.63, 3.8) is 0 Å². The van der Waals surface area contributed by atoms with Gasteiger partial charge in [-0.25, -0.2) is 0 Å². The molecule has 0 aliphatic heterocycles. The number of nitrogens with one attached hydrogen (secondary N) is 2. The molecule has 6 heteroatoms. The predicted octanol–water partition coefficient (Wildman–Crippen LogP) is 1.61. The summed E-state index contributed by atoms with van der Waals surface area (Å²) in [6, 6.07) is 9.26. The summed E-state index contributed by atoms with van der Waals surface area (Å²) in [4.78, 5) is 13.0. The maximum absolute atomic E-state index is 11.8. The van der Waals surface area contributed by atoms with Crippen LogP contribution in [0.5, 0.6) is 5.75 Å². The smallest absolute Gasteiger partial charge is 0.275 e. The van der Waals surface area contributed by atoms with Crippen molar-refractivity contribution in [1.82, 2.24) is 5.32 Å². The van der Waals surface area contributed by atoms with Crippen molar-refractivity contribution in [3.8, 4) is 5.75 Å². The number of ether oxygens (including phenoxy) is 1. The molecule has 118 valence electrons. The Balaban J connectivity index is 1.60. The highest BCUT2D eigenvalue weighted by atomic mass is 35.5. The number of hydrogen-bond acceptors (Lipinski definition) is 3. The van der Waals surface area contributed by atoms with Crippen molar-refractivity contribution in [2.45, 2.75) is 6.54 Å². The minimum absolute atomic E-state index is 0.0347. The summed E-state index contributed by atoms with van der Waals surface area (Å²) in [6.45, 7) is 2.25. The van der Waals surface area contributed by atoms with Gasteiger partial charge in [-0.05, 0) is 41.1 Å². The largest absolute Gasteiger partial charge is 0.492 e. The molecule has 0 saturated carbocycles. The Bertz CT molecular complexity index is 572. The lowest BCUT2D eigenvalue weighted by Crippen LogP contribution is -3.08. The Hall–Kier alpha value is -1.56. The molecule has 1 atom stereocenters. The van der Waals surface area contributed by atoms with Gasteiger partial charge in [0.15, 0.2) is 6.54 Å². The highest BCUT2D eigenvalue weighted by molar-refractivity contribution is 7.07. The number of amides is 1. The Morgan fingerprint density at radius 3 is 2.77 bits per heavy atom. The summed E-state index contributed by atoms with van der Waals surface area (Å²) in [5.74, 6) is 0.784. The van der Waals surface area contributed by atoms with Crippen molar-refractivity contribution in [1.29, 1.82) is 0 Å². The fourth-order valence-electron chi connectivity index (χ4n) is 2.03. The Kier molecular flexibility index (Phi) is 6.71. The molecule has 4 nitrogen and oxygen atoms in total. The van der Waals surface area contributed by atoms with E-state index in [-0.39, 0.29) is 5.91 Å². The van der Waals surface area contributed by atoms with Crippen LogP contribution >= 0.6 is 22.9 Å². The second-order valence-corrected chi connectivity index (χ2v) is 6.31. The number of carbonyl (C=O) groups is 1. The zero-order valence-corrected chi connectivity index (χ0v) is 14.0. The second kappa shape index (κ2) is 8.78. The van der Waals surface area contributed by atoms with Crippen molar-refractivity contribution in [3.05, 3.63) is 51.7 Å². The molecule has 1 heterocycles. The van der Waals surface area contributed by atoms with Crippen molar-refractivity contribution in [2.75, 3.05) is 26.7 Å². The van der Waals surface area contributed by atoms with E-state index in [9.17, 15) is 4.79 Å². The molecule has 1 amide bonds. The van der Waals surface area contributed by atoms with Gasteiger partial charge in [0, 0.05) is 10.6 Å². The zero-order valence-electron chi connectivity index (χ0n) is 12.5. The maximum atomic E-state index is 11.8. The third kappa shape index (κ3) is 6.05. The topological polar surface area (TPSA) is 42.8 Å². The first kappa shape index (κ1) is 16.8. The van der Waals surface area contributed by atoms with Crippen molar-refractivity contribution in [2.24, 2.45) is 0 Å². The van der Waals surface area contributed by atoms with E-state index in [1.165, 1.54) is 5.56 Å². The number of benzene rings is 1. The van der Waals surface area contributed by atoms with E-state index in [1.807, 2.05) is 19.2 Å². The summed E-state index contributed by atoms with van der Waals surface area (Å²) in [5.41, 5.74) is 1.27. The number of likely N-dealkylation sites (N-methyl/N-ethyl adjacent to an activating group) is 1. The summed E-state index contributed by atoms with van der Waals surface area (Å²) in [5, 5.41) is 7.71. The van der Waals surface area contributed by atoms with Gasteiger partial charge in [-0.3, -0.25) is 4.79 Å². The van der Waals surface area contributed by atoms with Crippen LogP contribution in [0.3, 0.4) is 0 Å². The lowest BCUT2D eigenvalue weighted by Gasteiger charge is -2.13. The van der Waals surface area contributed by atoms with Gasteiger partial charge in [0.1, 0.15) is 18.9 Å². The molecule has 0 saturated heterocycles. The average Bonchev–Trinajstić information content (AvgIpc) is 2.98. The molecule has 1 aromatic heterocycles. The van der Waals surface area contributed by atoms with Crippen LogP contribution in [0.1, 0.15) is 5.56 Å². The van der Waals surface area contributed by atoms with E-state index in [1.54, 1.807) is 23.5 Å². The first-order valence-corrected chi connectivity index (χ1v) is 8.43. The predicted molar refractivity (Wildman–Crippen MR) is 89.7 cm³/mol. The SMILES string of the molecule is C[NH+](CC(=O)NCCOc1ccc(Cl)cc1)Cc1ccsc1. The quantitative estimate of drug-likeness (QED) is 0.718. The molecule has 1 aromatic carbocycles. The number of quaternary nitrogens is 1. The van der Waals surface area contributed by atoms with Gasteiger partial charge >= 0.3 is 0 Å². The van der Waals surface area contributed by atoms with E-state index < -0.39 is 0 Å². The fourth-order valence-corrected chi connectivity index (χ4v) is 2.83. The molecule has 2 rings (SSSR count). The maximum Gasteiger partial charge on any atom is 0.275 e. The zero-order chi connectivity index (χ0) is 15.8. The van der Waals surface area contributed by atoms with Gasteiger partial charge in [0.25, 0.3) is 5.91 Å². The van der Waals surface area contributed by atoms with Crippen LogP contribution in [0.2, 0.25) is 5.02 Å². The van der Waals surface area contributed by atoms with E-state index in [2.05, 4.69) is 22.1 Å². The van der Waals surface area contributed by atoms with Crippen LogP contribution in [0.25, 0.3) is 0 Å². The first-order valence-electron chi connectivity index (χ1n) is 7.11. The number of hydrogen-bond donors (Lipinski definition) is 2. The lowest BCUT2D eigenvalue weighted by atomic mass is 10.3. The van der Waals surface area contributed by atoms with Gasteiger partial charge in [-0.15, -0.1) is 0 Å². The first-order chi connectivity index (χ1) is 10.6. The average molecular weight is 340 g/mol. The van der Waals surface area contributed by atoms with Gasteiger partial charge in [0.2, 0.25) is 0 Å². The van der Waals surface area contributed by atoms with E-state index >= 15 is 0 Å². The van der Waals surface area contributed by atoms with Gasteiger partial charge in [0.05, 0.1) is 13.6 Å². The molecule has 0 aliphatic rings. The van der Waals surface area contributed by atoms with Gasteiger partial charge in [-0.2, -0.15) is 11.3 Å². The highest BCUT2D eigenvalue weighted by Gasteiger charge is 2.10. The minimum atomic E-state index is 0.0347. The molecule has 22 heavy (non-hydrogen) atoms. The van der Waals surface area contributed by atoms with Crippen LogP contribution in [-0.2, 0) is 11.3 Å². The Morgan fingerprint density at radius 1 is 1.32 bits per heavy atom. The van der Waals surface area contributed by atoms with Crippen LogP contribution in [0, 0.1) is 0 Å². The molecule has 1 unspecified atom stereocenters. The van der Waals surface area contributed by atoms with E-state index in [0.29, 0.717) is 24.7 Å². The normalized spacial score (nSPS) is 11.9. The Labute approximate surface area is 139 Å². The minimum Gasteiger partial charge on any atom is -0.492 e. The third-order valence-corrected chi connectivity index (χ3v) is 4.04. The van der Waals surface area contributed by atoms with Crippen molar-refractivity contribution < 1.29 is 14.4 Å². The van der Waals surface area contributed by atoms with Crippen molar-refractivity contribution >= 4 is 28.8 Å². The molecular formula is C16H20ClN2O2S+. The molecule has 2 aromatic rings. The molecule has 0 bridgehead atoms. The number of carbonyl (C=O) groups excluding carboxylic acids is 1. The molecule has 0 aliphatic carbocycles. The van der Waals surface area contributed by atoms with Crippen LogP contribution in [-0.4, -0.2) is 32.7 Å². The molecule has 2 N–H and O–H groups in total. The van der Waals surface area contributed by atoms with E-state index in [0.717, 1.165) is 17.2 Å². The number of thiophene rings is 1. The monoisotopic (exact) mass is 339 g/mol. The van der Waals surface area contributed by atoms with Crippen LogP contribution < -0.4 is 15.0 Å². The third-order valence-electron chi connectivity index (χ3n) is 3.05. The Morgan fingerprint density at radius 2 is 2.09 bits per heavy atom. The molecular weight excluding hydrogens is 320 g/mol. The summed E-state index contributed by atoms with van der Waals surface area (Å²) >= 11 is 7.48. The number of rotatable bonds is 8.